The van der Waals surface area contributed by atoms with Crippen LogP contribution >= 0.6 is 0 Å². The van der Waals surface area contributed by atoms with Crippen LogP contribution in [0.25, 0.3) is 0 Å². The fourth-order valence-electron chi connectivity index (χ4n) is 2.25. The highest BCUT2D eigenvalue weighted by Gasteiger charge is 2.28. The lowest BCUT2D eigenvalue weighted by atomic mass is 10.1. The molecule has 0 atom stereocenters. The Bertz CT molecular complexity index is 511. The Kier molecular flexibility index (Phi) is 3.40. The molecule has 0 unspecified atom stereocenters. The summed E-state index contributed by atoms with van der Waals surface area (Å²) in [7, 11) is -3.10. The van der Waals surface area contributed by atoms with Crippen molar-refractivity contribution in [3.8, 4) is 0 Å². The van der Waals surface area contributed by atoms with Crippen LogP contribution in [0.2, 0.25) is 0 Å². The third-order valence-electron chi connectivity index (χ3n) is 3.11. The van der Waals surface area contributed by atoms with Gasteiger partial charge in [0.15, 0.2) is 9.84 Å². The molecule has 0 saturated carbocycles. The van der Waals surface area contributed by atoms with Gasteiger partial charge >= 0.3 is 0 Å². The number of nitrogens with two attached hydrogens (primary N) is 1. The molecule has 0 amide bonds. The first-order valence-electron chi connectivity index (χ1n) is 5.83. The van der Waals surface area contributed by atoms with Crippen LogP contribution in [-0.2, 0) is 9.84 Å². The van der Waals surface area contributed by atoms with E-state index in [2.05, 4.69) is 4.90 Å². The number of hydrogen-bond acceptors (Lipinski definition) is 4. The van der Waals surface area contributed by atoms with Gasteiger partial charge in [-0.3, -0.25) is 0 Å². The number of benzene rings is 1. The van der Waals surface area contributed by atoms with Gasteiger partial charge < -0.3 is 10.6 Å². The first-order valence-corrected chi connectivity index (χ1v) is 7.49. The van der Waals surface area contributed by atoms with Crippen LogP contribution in [0.5, 0.6) is 0 Å². The van der Waals surface area contributed by atoms with Crippen molar-refractivity contribution in [2.24, 2.45) is 5.73 Å². The number of sulfone groups is 1. The van der Waals surface area contributed by atoms with Crippen molar-refractivity contribution in [1.29, 1.82) is 0 Å². The summed E-state index contributed by atoms with van der Waals surface area (Å²) in [5, 5.41) is 0. The molecule has 2 N–H and O–H groups in total. The number of para-hydroxylation sites is 1. The minimum Gasteiger partial charge on any atom is -0.369 e. The van der Waals surface area contributed by atoms with Crippen molar-refractivity contribution in [1.82, 2.24) is 0 Å². The predicted octanol–water partition coefficient (Wildman–Crippen LogP) is 0.938. The third kappa shape index (κ3) is 2.30. The van der Waals surface area contributed by atoms with E-state index < -0.39 is 9.84 Å². The summed E-state index contributed by atoms with van der Waals surface area (Å²) in [6.45, 7) is 3.98. The molecule has 0 spiro atoms. The van der Waals surface area contributed by atoms with Gasteiger partial charge in [0.1, 0.15) is 0 Å². The molecular weight excluding hydrogens is 236 g/mol. The Labute approximate surface area is 102 Å². The van der Waals surface area contributed by atoms with Gasteiger partial charge in [0.25, 0.3) is 0 Å². The number of fused-ring (bicyclic) bond motifs is 1. The van der Waals surface area contributed by atoms with Crippen molar-refractivity contribution in [3.63, 3.8) is 0 Å². The zero-order valence-corrected chi connectivity index (χ0v) is 10.8. The molecular formula is C12H18N2O2S. The van der Waals surface area contributed by atoms with Gasteiger partial charge in [-0.2, -0.15) is 0 Å². The highest BCUT2D eigenvalue weighted by Crippen LogP contribution is 2.33. The third-order valence-corrected chi connectivity index (χ3v) is 4.83. The van der Waals surface area contributed by atoms with Crippen molar-refractivity contribution >= 4 is 15.5 Å². The van der Waals surface area contributed by atoms with E-state index in [0.717, 1.165) is 24.2 Å². The monoisotopic (exact) mass is 254 g/mol. The maximum Gasteiger partial charge on any atom is 0.182 e. The topological polar surface area (TPSA) is 63.4 Å². The van der Waals surface area contributed by atoms with Gasteiger partial charge in [0.2, 0.25) is 0 Å². The molecule has 17 heavy (non-hydrogen) atoms. The summed E-state index contributed by atoms with van der Waals surface area (Å²) >= 11 is 0. The number of anilines is 1. The molecule has 4 nitrogen and oxygen atoms in total. The Balaban J connectivity index is 2.46. The van der Waals surface area contributed by atoms with Crippen LogP contribution in [0.15, 0.2) is 23.1 Å². The first kappa shape index (κ1) is 12.4. The predicted molar refractivity (Wildman–Crippen MR) is 69.1 cm³/mol. The van der Waals surface area contributed by atoms with E-state index in [9.17, 15) is 8.42 Å². The van der Waals surface area contributed by atoms with Gasteiger partial charge in [-0.25, -0.2) is 8.42 Å². The zero-order valence-electron chi connectivity index (χ0n) is 10.0. The molecule has 0 radical (unpaired) electrons. The Morgan fingerprint density at radius 1 is 1.41 bits per heavy atom. The van der Waals surface area contributed by atoms with E-state index in [1.54, 1.807) is 12.1 Å². The average Bonchev–Trinajstić information content (AvgIpc) is 2.29. The summed E-state index contributed by atoms with van der Waals surface area (Å²) in [5.74, 6) is 0.202. The summed E-state index contributed by atoms with van der Waals surface area (Å²) in [6.07, 6.45) is 0.883. The van der Waals surface area contributed by atoms with E-state index in [4.69, 9.17) is 5.73 Å². The number of hydrogen-bond donors (Lipinski definition) is 1. The van der Waals surface area contributed by atoms with E-state index in [1.807, 2.05) is 13.0 Å². The van der Waals surface area contributed by atoms with Crippen molar-refractivity contribution in [2.75, 3.05) is 30.3 Å². The Morgan fingerprint density at radius 2 is 2.18 bits per heavy atom. The molecule has 1 aromatic carbocycles. The van der Waals surface area contributed by atoms with Crippen LogP contribution in [0, 0.1) is 6.92 Å². The molecule has 0 saturated heterocycles. The van der Waals surface area contributed by atoms with E-state index in [0.29, 0.717) is 18.0 Å². The molecule has 94 valence electrons. The zero-order chi connectivity index (χ0) is 12.5. The number of rotatable bonds is 3. The second kappa shape index (κ2) is 4.66. The molecule has 1 heterocycles. The molecule has 0 aromatic heterocycles. The van der Waals surface area contributed by atoms with Crippen LogP contribution in [-0.4, -0.2) is 33.8 Å². The van der Waals surface area contributed by atoms with E-state index in [-0.39, 0.29) is 5.75 Å². The summed E-state index contributed by atoms with van der Waals surface area (Å²) < 4.78 is 24.0. The van der Waals surface area contributed by atoms with Gasteiger partial charge in [-0.15, -0.1) is 0 Å². The van der Waals surface area contributed by atoms with Crippen molar-refractivity contribution in [2.45, 2.75) is 18.2 Å². The van der Waals surface area contributed by atoms with Gasteiger partial charge in [0.05, 0.1) is 16.3 Å². The fourth-order valence-corrected chi connectivity index (χ4v) is 3.80. The standard InChI is InChI=1S/C12H18N2O2S/c1-10-4-2-5-11-12(10)14(7-3-6-13)8-9-17(11,15)16/h2,4-5H,3,6-9,13H2,1H3. The maximum absolute atomic E-state index is 12.0. The molecule has 1 aliphatic heterocycles. The number of nitrogens with zero attached hydrogens (tertiary/aromatic N) is 1. The van der Waals surface area contributed by atoms with Crippen LogP contribution in [0.1, 0.15) is 12.0 Å². The minimum atomic E-state index is -3.10. The van der Waals surface area contributed by atoms with Crippen molar-refractivity contribution in [3.05, 3.63) is 23.8 Å². The fraction of sp³-hybridized carbons (Fsp3) is 0.500. The second-order valence-corrected chi connectivity index (χ2v) is 6.45. The highest BCUT2D eigenvalue weighted by molar-refractivity contribution is 7.91. The van der Waals surface area contributed by atoms with E-state index >= 15 is 0 Å². The van der Waals surface area contributed by atoms with Crippen LogP contribution in [0.3, 0.4) is 0 Å². The molecule has 0 aliphatic carbocycles. The molecule has 0 bridgehead atoms. The highest BCUT2D eigenvalue weighted by atomic mass is 32.2. The smallest absolute Gasteiger partial charge is 0.182 e. The van der Waals surface area contributed by atoms with Gasteiger partial charge in [0, 0.05) is 13.1 Å². The van der Waals surface area contributed by atoms with Gasteiger partial charge in [-0.1, -0.05) is 12.1 Å². The molecule has 1 aliphatic rings. The van der Waals surface area contributed by atoms with Gasteiger partial charge in [-0.05, 0) is 31.5 Å². The second-order valence-electron chi connectivity index (χ2n) is 4.37. The van der Waals surface area contributed by atoms with Crippen LogP contribution < -0.4 is 10.6 Å². The van der Waals surface area contributed by atoms with E-state index in [1.165, 1.54) is 0 Å². The average molecular weight is 254 g/mol. The SMILES string of the molecule is Cc1cccc2c1N(CCCN)CCS2(=O)=O. The molecule has 1 aromatic rings. The number of aryl methyl sites for hydroxylation is 1. The Morgan fingerprint density at radius 3 is 2.88 bits per heavy atom. The molecule has 0 fully saturated rings. The summed E-state index contributed by atoms with van der Waals surface area (Å²) in [5.41, 5.74) is 7.40. The maximum atomic E-state index is 12.0. The first-order chi connectivity index (χ1) is 8.06. The van der Waals surface area contributed by atoms with Crippen molar-refractivity contribution < 1.29 is 8.42 Å². The quantitative estimate of drug-likeness (QED) is 0.872. The lowest BCUT2D eigenvalue weighted by Gasteiger charge is -2.32. The largest absolute Gasteiger partial charge is 0.369 e. The molecule has 2 rings (SSSR count). The summed E-state index contributed by atoms with van der Waals surface area (Å²) in [4.78, 5) is 2.61. The lowest BCUT2D eigenvalue weighted by molar-refractivity contribution is 0.588. The lowest BCUT2D eigenvalue weighted by Crippen LogP contribution is -2.37. The summed E-state index contributed by atoms with van der Waals surface area (Å²) in [6, 6.07) is 5.46. The molecule has 5 heteroatoms. The van der Waals surface area contributed by atoms with Crippen LogP contribution in [0.4, 0.5) is 5.69 Å². The Hall–Kier alpha value is -1.07. The minimum absolute atomic E-state index is 0.202. The normalized spacial score (nSPS) is 17.9.